The van der Waals surface area contributed by atoms with Crippen LogP contribution >= 0.6 is 0 Å². The molecule has 2 amide bonds. The predicted octanol–water partition coefficient (Wildman–Crippen LogP) is 2.85. The lowest BCUT2D eigenvalue weighted by molar-refractivity contribution is 0.00931. The van der Waals surface area contributed by atoms with Crippen LogP contribution in [0.3, 0.4) is 0 Å². The van der Waals surface area contributed by atoms with Crippen molar-refractivity contribution in [3.8, 4) is 0 Å². The summed E-state index contributed by atoms with van der Waals surface area (Å²) >= 11 is 0. The maximum atomic E-state index is 12.5. The lowest BCUT2D eigenvalue weighted by Crippen LogP contribution is -2.49. The van der Waals surface area contributed by atoms with Gasteiger partial charge in [0, 0.05) is 45.4 Å². The zero-order valence-corrected chi connectivity index (χ0v) is 15.6. The summed E-state index contributed by atoms with van der Waals surface area (Å²) in [6.45, 7) is 6.08. The monoisotopic (exact) mass is 349 g/mol. The Labute approximate surface area is 152 Å². The largest absolute Gasteiger partial charge is 0.378 e. The molecule has 2 aliphatic heterocycles. The number of piperidine rings is 1. The first kappa shape index (κ1) is 17.6. The van der Waals surface area contributed by atoms with Crippen LogP contribution in [0.4, 0.5) is 4.79 Å². The second kappa shape index (κ2) is 8.26. The van der Waals surface area contributed by atoms with E-state index in [2.05, 4.69) is 10.2 Å². The van der Waals surface area contributed by atoms with Crippen molar-refractivity contribution in [2.24, 2.45) is 11.8 Å². The van der Waals surface area contributed by atoms with Crippen molar-refractivity contribution >= 4 is 6.03 Å². The number of amides is 2. The maximum absolute atomic E-state index is 12.5. The fourth-order valence-corrected chi connectivity index (χ4v) is 4.72. The molecule has 2 saturated carbocycles. The number of nitrogens with zero attached hydrogens (tertiary/aromatic N) is 2. The van der Waals surface area contributed by atoms with Gasteiger partial charge in [0.05, 0.1) is 6.10 Å². The van der Waals surface area contributed by atoms with E-state index in [1.54, 1.807) is 0 Å². The summed E-state index contributed by atoms with van der Waals surface area (Å²) in [5.74, 6) is 1.74. The summed E-state index contributed by atoms with van der Waals surface area (Å²) in [6, 6.07) is 0.492. The van der Waals surface area contributed by atoms with Crippen molar-refractivity contribution in [3.05, 3.63) is 0 Å². The van der Waals surface area contributed by atoms with Gasteiger partial charge in [0.25, 0.3) is 0 Å². The number of carbonyl (C=O) groups excluding carboxylic acids is 1. The molecule has 5 nitrogen and oxygen atoms in total. The molecule has 25 heavy (non-hydrogen) atoms. The second-order valence-corrected chi connectivity index (χ2v) is 8.81. The minimum Gasteiger partial charge on any atom is -0.378 e. The van der Waals surface area contributed by atoms with Gasteiger partial charge in [-0.25, -0.2) is 4.79 Å². The number of rotatable bonds is 6. The molecule has 2 aliphatic carbocycles. The van der Waals surface area contributed by atoms with Gasteiger partial charge in [0.1, 0.15) is 0 Å². The predicted molar refractivity (Wildman–Crippen MR) is 98.6 cm³/mol. The Hall–Kier alpha value is -0.810. The molecule has 5 heteroatoms. The second-order valence-electron chi connectivity index (χ2n) is 8.81. The number of carbonyl (C=O) groups is 1. The average molecular weight is 350 g/mol. The van der Waals surface area contributed by atoms with Crippen LogP contribution in [0.2, 0.25) is 0 Å². The number of hydrogen-bond donors (Lipinski definition) is 1. The van der Waals surface area contributed by atoms with Crippen LogP contribution in [0.25, 0.3) is 0 Å². The summed E-state index contributed by atoms with van der Waals surface area (Å²) < 4.78 is 5.98. The smallest absolute Gasteiger partial charge is 0.317 e. The quantitative estimate of drug-likeness (QED) is 0.802. The summed E-state index contributed by atoms with van der Waals surface area (Å²) in [7, 11) is 0. The molecule has 0 aromatic carbocycles. The molecule has 4 fully saturated rings. The Morgan fingerprint density at radius 1 is 0.920 bits per heavy atom. The third-order valence-corrected chi connectivity index (χ3v) is 6.58. The highest BCUT2D eigenvalue weighted by molar-refractivity contribution is 5.74. The molecule has 2 saturated heterocycles. The summed E-state index contributed by atoms with van der Waals surface area (Å²) in [4.78, 5) is 17.1. The fraction of sp³-hybridized carbons (Fsp3) is 0.950. The van der Waals surface area contributed by atoms with Crippen molar-refractivity contribution in [3.63, 3.8) is 0 Å². The first-order valence-corrected chi connectivity index (χ1v) is 10.7. The van der Waals surface area contributed by atoms with Crippen LogP contribution in [0.15, 0.2) is 0 Å². The van der Waals surface area contributed by atoms with E-state index in [1.165, 1.54) is 45.1 Å². The minimum absolute atomic E-state index is 0.147. The Balaban J connectivity index is 1.13. The topological polar surface area (TPSA) is 44.8 Å². The molecule has 0 aromatic rings. The summed E-state index contributed by atoms with van der Waals surface area (Å²) in [5.41, 5.74) is 0. The van der Waals surface area contributed by atoms with E-state index in [-0.39, 0.29) is 6.03 Å². The highest BCUT2D eigenvalue weighted by Crippen LogP contribution is 2.30. The number of hydrogen-bond acceptors (Lipinski definition) is 3. The number of likely N-dealkylation sites (tertiary alicyclic amines) is 2. The van der Waals surface area contributed by atoms with Crippen LogP contribution in [0.1, 0.15) is 57.8 Å². The molecular formula is C20H35N3O2. The highest BCUT2D eigenvalue weighted by Gasteiger charge is 2.30. The van der Waals surface area contributed by atoms with Crippen molar-refractivity contribution in [1.82, 2.24) is 15.1 Å². The van der Waals surface area contributed by atoms with E-state index in [9.17, 15) is 4.79 Å². The van der Waals surface area contributed by atoms with Gasteiger partial charge in [-0.3, -0.25) is 0 Å². The van der Waals surface area contributed by atoms with E-state index in [0.29, 0.717) is 12.1 Å². The van der Waals surface area contributed by atoms with Crippen molar-refractivity contribution in [2.75, 3.05) is 39.3 Å². The van der Waals surface area contributed by atoms with Crippen LogP contribution in [-0.4, -0.2) is 67.3 Å². The molecule has 0 spiro atoms. The standard InChI is InChI=1S/C20H35N3O2/c24-20(23-11-8-19(9-12-23)25-15-17-5-6-17)21-18-7-10-22(14-18)13-16-3-1-2-4-16/h16-19H,1-15H2,(H,21,24). The molecule has 1 unspecified atom stereocenters. The van der Waals surface area contributed by atoms with Crippen molar-refractivity contribution < 1.29 is 9.53 Å². The van der Waals surface area contributed by atoms with Crippen LogP contribution < -0.4 is 5.32 Å². The van der Waals surface area contributed by atoms with Gasteiger partial charge in [0.15, 0.2) is 0 Å². The zero-order valence-electron chi connectivity index (χ0n) is 15.6. The summed E-state index contributed by atoms with van der Waals surface area (Å²) in [5, 5.41) is 3.28. The molecule has 1 atom stereocenters. The third-order valence-electron chi connectivity index (χ3n) is 6.58. The highest BCUT2D eigenvalue weighted by atomic mass is 16.5. The summed E-state index contributed by atoms with van der Waals surface area (Å²) in [6.07, 6.45) is 11.8. The van der Waals surface area contributed by atoms with Gasteiger partial charge in [-0.15, -0.1) is 0 Å². The molecule has 0 aromatic heterocycles. The van der Waals surface area contributed by atoms with E-state index in [1.807, 2.05) is 4.90 Å². The Morgan fingerprint density at radius 3 is 2.40 bits per heavy atom. The molecule has 4 rings (SSSR count). The minimum atomic E-state index is 0.147. The van der Waals surface area contributed by atoms with Crippen molar-refractivity contribution in [2.45, 2.75) is 69.9 Å². The van der Waals surface area contributed by atoms with E-state index >= 15 is 0 Å². The molecular weight excluding hydrogens is 314 g/mol. The van der Waals surface area contributed by atoms with Gasteiger partial charge in [-0.05, 0) is 56.8 Å². The van der Waals surface area contributed by atoms with E-state index < -0.39 is 0 Å². The van der Waals surface area contributed by atoms with Crippen molar-refractivity contribution in [1.29, 1.82) is 0 Å². The molecule has 2 heterocycles. The van der Waals surface area contributed by atoms with Gasteiger partial charge in [-0.2, -0.15) is 0 Å². The van der Waals surface area contributed by atoms with Gasteiger partial charge in [0.2, 0.25) is 0 Å². The molecule has 1 N–H and O–H groups in total. The van der Waals surface area contributed by atoms with Gasteiger partial charge >= 0.3 is 6.03 Å². The SMILES string of the molecule is O=C(NC1CCN(CC2CCCC2)C1)N1CCC(OCC2CC2)CC1. The molecule has 142 valence electrons. The molecule has 0 bridgehead atoms. The zero-order chi connectivity index (χ0) is 17.1. The Morgan fingerprint density at radius 2 is 1.68 bits per heavy atom. The van der Waals surface area contributed by atoms with Crippen LogP contribution in [0, 0.1) is 11.8 Å². The Kier molecular flexibility index (Phi) is 5.81. The number of urea groups is 1. The third kappa shape index (κ3) is 5.10. The number of ether oxygens (including phenoxy) is 1. The van der Waals surface area contributed by atoms with Crippen LogP contribution in [0.5, 0.6) is 0 Å². The van der Waals surface area contributed by atoms with E-state index in [4.69, 9.17) is 4.74 Å². The van der Waals surface area contributed by atoms with Gasteiger partial charge in [-0.1, -0.05) is 12.8 Å². The fourth-order valence-electron chi connectivity index (χ4n) is 4.72. The van der Waals surface area contributed by atoms with Gasteiger partial charge < -0.3 is 19.9 Å². The Bertz CT molecular complexity index is 440. The number of nitrogens with one attached hydrogen (secondary N) is 1. The normalized spacial score (nSPS) is 29.4. The first-order valence-electron chi connectivity index (χ1n) is 10.7. The average Bonchev–Trinajstić information content (AvgIpc) is 3.12. The van der Waals surface area contributed by atoms with Crippen LogP contribution in [-0.2, 0) is 4.74 Å². The lowest BCUT2D eigenvalue weighted by atomic mass is 10.1. The molecule has 4 aliphatic rings. The molecule has 0 radical (unpaired) electrons. The lowest BCUT2D eigenvalue weighted by Gasteiger charge is -2.32. The maximum Gasteiger partial charge on any atom is 0.317 e. The van der Waals surface area contributed by atoms with E-state index in [0.717, 1.165) is 63.9 Å². The first-order chi connectivity index (χ1) is 12.3.